The SMILES string of the molecule is CC(C)(C)C1=CN=CC2C=NNC12.CC(C)(C)C1C=NCC2CC=NC21.CC(C)(C)c1cnc2[nH]ccc2n1.CC(C)(C)c1cncc2ccoc12.CC(C)(C)c1cncc2scnc12.CC(C)(C)c1coc2cccnc12.CC(C)(C)c1snc2cccnc12.Cn1cc2cncc(C(C)(C)C)c2n1. The van der Waals surface area contributed by atoms with Crippen LogP contribution in [0.25, 0.3) is 65.4 Å². The summed E-state index contributed by atoms with van der Waals surface area (Å²) in [4.78, 5) is 52.1. The second-order valence-corrected chi connectivity index (χ2v) is 37.2. The lowest BCUT2D eigenvalue weighted by molar-refractivity contribution is 0.234. The number of pyridine rings is 5. The van der Waals surface area contributed by atoms with Gasteiger partial charge in [0, 0.05) is 156 Å². The first-order chi connectivity index (χ1) is 49.1. The van der Waals surface area contributed by atoms with Crippen LogP contribution in [0.5, 0.6) is 0 Å². The molecule has 0 aliphatic carbocycles. The third-order valence-electron chi connectivity index (χ3n) is 18.3. The van der Waals surface area contributed by atoms with Crippen LogP contribution < -0.4 is 5.43 Å². The second-order valence-electron chi connectivity index (χ2n) is 35.5. The molecule has 0 saturated carbocycles. The highest BCUT2D eigenvalue weighted by Crippen LogP contribution is 2.39. The Morgan fingerprint density at radius 2 is 1.22 bits per heavy atom. The van der Waals surface area contributed by atoms with Crippen molar-refractivity contribution in [2.24, 2.45) is 55.7 Å². The van der Waals surface area contributed by atoms with Gasteiger partial charge in [-0.1, -0.05) is 166 Å². The molecule has 0 radical (unpaired) electrons. The number of nitrogens with one attached hydrogen (secondary N) is 2. The lowest BCUT2D eigenvalue weighted by Crippen LogP contribution is -2.39. The van der Waals surface area contributed by atoms with Crippen LogP contribution in [0.1, 0.15) is 205 Å². The van der Waals surface area contributed by atoms with Crippen LogP contribution >= 0.6 is 22.9 Å². The highest BCUT2D eigenvalue weighted by molar-refractivity contribution is 7.16. The fourth-order valence-corrected chi connectivity index (χ4v) is 13.8. The maximum atomic E-state index is 5.44. The van der Waals surface area contributed by atoms with Gasteiger partial charge in [0.25, 0.3) is 0 Å². The number of aryl methyl sites for hydroxylation is 1. The quantitative estimate of drug-likeness (QED) is 0.144. The van der Waals surface area contributed by atoms with Crippen LogP contribution in [0.3, 0.4) is 0 Å². The van der Waals surface area contributed by atoms with Crippen molar-refractivity contribution in [2.45, 2.75) is 217 Å². The van der Waals surface area contributed by atoms with Gasteiger partial charge in [-0.05, 0) is 98.6 Å². The molecule has 0 aromatic carbocycles. The smallest absolute Gasteiger partial charge is 0.156 e. The average molecular weight is 1460 g/mol. The summed E-state index contributed by atoms with van der Waals surface area (Å²) in [7, 11) is 1.94. The second kappa shape index (κ2) is 32.3. The number of H-pyrrole nitrogens is 1. The van der Waals surface area contributed by atoms with Crippen LogP contribution in [0.15, 0.2) is 163 Å². The largest absolute Gasteiger partial charge is 0.464 e. The molecule has 556 valence electrons. The Balaban J connectivity index is 0.000000139. The summed E-state index contributed by atoms with van der Waals surface area (Å²) in [6, 6.07) is 12.5. The molecular formula is C84H111N17O2S2. The van der Waals surface area contributed by atoms with Gasteiger partial charge in [0.1, 0.15) is 27.6 Å². The Morgan fingerprint density at radius 1 is 0.571 bits per heavy atom. The number of rotatable bonds is 0. The molecular weight excluding hydrogens is 1340 g/mol. The van der Waals surface area contributed by atoms with Gasteiger partial charge in [-0.2, -0.15) is 14.6 Å². The topological polar surface area (TPSA) is 237 Å². The molecule has 4 aliphatic heterocycles. The normalized spacial score (nSPS) is 17.8. The fraction of sp³-hybridized carbons (Fsp3) is 0.476. The minimum Gasteiger partial charge on any atom is -0.464 e. The number of thiazole rings is 1. The number of aromatic nitrogens is 12. The number of nitrogens with zero attached hydrogens (tertiary/aromatic N) is 15. The van der Waals surface area contributed by atoms with Gasteiger partial charge in [-0.25, -0.2) is 15.0 Å². The van der Waals surface area contributed by atoms with Crippen molar-refractivity contribution in [1.29, 1.82) is 0 Å². The van der Waals surface area contributed by atoms with Crippen LogP contribution in [-0.2, 0) is 39.5 Å². The van der Waals surface area contributed by atoms with Crippen LogP contribution in [-0.4, -0.2) is 102 Å². The van der Waals surface area contributed by atoms with E-state index in [1.807, 2.05) is 134 Å². The van der Waals surface area contributed by atoms with E-state index in [0.29, 0.717) is 35.3 Å². The Hall–Kier alpha value is -9.08. The molecule has 0 fully saturated rings. The molecule has 16 rings (SSSR count). The van der Waals surface area contributed by atoms with E-state index in [-0.39, 0.29) is 37.9 Å². The summed E-state index contributed by atoms with van der Waals surface area (Å²) >= 11 is 3.20. The Labute approximate surface area is 629 Å². The third-order valence-corrected chi connectivity index (χ3v) is 20.3. The van der Waals surface area contributed by atoms with E-state index >= 15 is 0 Å². The molecule has 0 spiro atoms. The van der Waals surface area contributed by atoms with Gasteiger partial charge in [-0.15, -0.1) is 11.3 Å². The zero-order chi connectivity index (χ0) is 76.7. The van der Waals surface area contributed by atoms with E-state index in [1.165, 1.54) is 31.8 Å². The van der Waals surface area contributed by atoms with Crippen LogP contribution in [0.2, 0.25) is 0 Å². The number of hydrogen-bond acceptors (Lipinski definition) is 19. The van der Waals surface area contributed by atoms with Crippen molar-refractivity contribution in [3.63, 3.8) is 0 Å². The number of hydrazone groups is 1. The van der Waals surface area contributed by atoms with Crippen molar-refractivity contribution in [3.8, 4) is 0 Å². The molecule has 105 heavy (non-hydrogen) atoms. The first kappa shape index (κ1) is 80.0. The zero-order valence-electron chi connectivity index (χ0n) is 66.6. The Kier molecular flexibility index (Phi) is 24.6. The molecule has 19 nitrogen and oxygen atoms in total. The molecule has 21 heteroatoms. The Bertz CT molecular complexity index is 4820. The standard InChI is InChI=1S/C11H15N3.C11H18N2.2C11H13NO.C10H15N3.C10H13N3.2C10H12N2S/c1-11(2,3)9-6-12-5-8-7-14(4)13-10(8)9;2*1-11(2,3)9-7-12-6-8-4-5-13-10(8)9;1-11(2,3)8-7-13-9-5-4-6-12-10(8)9;1-10(2,3)8-6-11-4-7-5-12-13-9(7)8;1-10(2,3)8-6-12-9-7(13-8)4-5-11-9;1-10(2,3)7-4-11-5-8-9(7)12-6-13-8;1-10(2,3)9-8-7(12-13-9)5-4-6-11-8/h5-7H,1-4H3;5,7-10H,4,6H2,1-3H3;2*4-7H,1-3H3;4-7,9,13H,1-3H3;4-6H,1-3H3,(H,11,12);2*4-6H,1-3H3. The van der Waals surface area contributed by atoms with Gasteiger partial charge in [0.15, 0.2) is 11.2 Å². The van der Waals surface area contributed by atoms with Crippen LogP contribution in [0.4, 0.5) is 0 Å². The van der Waals surface area contributed by atoms with Gasteiger partial charge >= 0.3 is 0 Å². The number of hydrogen-bond donors (Lipinski definition) is 2. The van der Waals surface area contributed by atoms with Crippen molar-refractivity contribution < 1.29 is 8.83 Å². The molecule has 5 atom stereocenters. The van der Waals surface area contributed by atoms with E-state index < -0.39 is 0 Å². The molecule has 4 aliphatic rings. The van der Waals surface area contributed by atoms with E-state index in [2.05, 4.69) is 258 Å². The number of aliphatic imine (C=N–C) groups is 3. The lowest BCUT2D eigenvalue weighted by Gasteiger charge is -2.36. The van der Waals surface area contributed by atoms with Gasteiger partial charge < -0.3 is 19.2 Å². The average Bonchev–Trinajstić information content (AvgIpc) is 1.74. The van der Waals surface area contributed by atoms with Gasteiger partial charge in [0.05, 0.1) is 68.5 Å². The van der Waals surface area contributed by atoms with Crippen LogP contribution in [0, 0.1) is 28.6 Å². The maximum Gasteiger partial charge on any atom is 0.156 e. The highest BCUT2D eigenvalue weighted by atomic mass is 32.1. The first-order valence-electron chi connectivity index (χ1n) is 36.2. The van der Waals surface area contributed by atoms with E-state index in [9.17, 15) is 0 Å². The summed E-state index contributed by atoms with van der Waals surface area (Å²) in [6.07, 6.45) is 35.3. The molecule has 2 N–H and O–H groups in total. The molecule has 0 amide bonds. The van der Waals surface area contributed by atoms with E-state index in [0.717, 1.165) is 84.9 Å². The van der Waals surface area contributed by atoms with Crippen molar-refractivity contribution in [1.82, 2.24) is 64.4 Å². The summed E-state index contributed by atoms with van der Waals surface area (Å²) < 4.78 is 18.2. The van der Waals surface area contributed by atoms with E-state index in [4.69, 9.17) is 8.83 Å². The van der Waals surface area contributed by atoms with Gasteiger partial charge in [-0.3, -0.25) is 44.6 Å². The molecule has 16 heterocycles. The molecule has 0 bridgehead atoms. The van der Waals surface area contributed by atoms with Gasteiger partial charge in [0.2, 0.25) is 0 Å². The third kappa shape index (κ3) is 20.5. The summed E-state index contributed by atoms with van der Waals surface area (Å²) in [5, 5.41) is 10.7. The minimum absolute atomic E-state index is 0.0679. The molecule has 0 saturated heterocycles. The first-order valence-corrected chi connectivity index (χ1v) is 37.9. The number of furan rings is 2. The fourth-order valence-electron chi connectivity index (χ4n) is 12.3. The van der Waals surface area contributed by atoms with E-state index in [1.54, 1.807) is 41.6 Å². The molecule has 5 unspecified atom stereocenters. The predicted molar refractivity (Wildman–Crippen MR) is 439 cm³/mol. The summed E-state index contributed by atoms with van der Waals surface area (Å²) in [6.45, 7) is 53.4. The lowest BCUT2D eigenvalue weighted by atomic mass is 9.72. The Morgan fingerprint density at radius 3 is 1.88 bits per heavy atom. The predicted octanol–water partition coefficient (Wildman–Crippen LogP) is 20.5. The maximum absolute atomic E-state index is 5.44. The summed E-state index contributed by atoms with van der Waals surface area (Å²) in [5.74, 6) is 1.57. The highest BCUT2D eigenvalue weighted by Gasteiger charge is 2.40. The van der Waals surface area contributed by atoms with Crippen molar-refractivity contribution in [3.05, 3.63) is 167 Å². The summed E-state index contributed by atoms with van der Waals surface area (Å²) in [5.41, 5.74) is 22.1. The number of aromatic amines is 1. The molecule has 12 aromatic heterocycles. The zero-order valence-corrected chi connectivity index (χ0v) is 68.2. The molecule has 12 aromatic rings. The van der Waals surface area contributed by atoms with Crippen molar-refractivity contribution in [2.75, 3.05) is 6.54 Å². The number of fused-ring (bicyclic) bond motifs is 8. The monoisotopic (exact) mass is 1450 g/mol. The minimum atomic E-state index is 0.0679. The van der Waals surface area contributed by atoms with Crippen molar-refractivity contribution >= 4 is 113 Å².